The molecule has 4 nitrogen and oxygen atoms in total. The third-order valence-electron chi connectivity index (χ3n) is 3.61. The lowest BCUT2D eigenvalue weighted by atomic mass is 10.1. The number of carbonyl (C=O) groups excluding carboxylic acids is 2. The minimum atomic E-state index is -0.691. The molecule has 0 aliphatic carbocycles. The number of para-hydroxylation sites is 1. The van der Waals surface area contributed by atoms with Gasteiger partial charge in [-0.2, -0.15) is 0 Å². The van der Waals surface area contributed by atoms with Crippen molar-refractivity contribution >= 4 is 34.0 Å². The van der Waals surface area contributed by atoms with Crippen LogP contribution in [0.4, 0.5) is 11.4 Å². The molecule has 0 saturated heterocycles. The third-order valence-corrected chi connectivity index (χ3v) is 3.61. The van der Waals surface area contributed by atoms with Crippen LogP contribution in [-0.2, 0) is 9.59 Å². The first-order chi connectivity index (χ1) is 11.1. The van der Waals surface area contributed by atoms with E-state index in [4.69, 9.17) is 0 Å². The number of rotatable bonds is 2. The quantitative estimate of drug-likeness (QED) is 0.709. The van der Waals surface area contributed by atoms with Crippen LogP contribution in [0.25, 0.3) is 10.8 Å². The molecular weight excluding hydrogens is 288 g/mol. The molecule has 0 aliphatic heterocycles. The maximum Gasteiger partial charge on any atom is 0.314 e. The standard InChI is InChI=1S/C19H16N2O2/c1-13-6-2-5-9-17(13)21-19(23)18(22)20-16-11-10-14-7-3-4-8-15(14)12-16/h2-12H,1H3,(H,20,22)(H,21,23). The van der Waals surface area contributed by atoms with Crippen molar-refractivity contribution in [1.82, 2.24) is 0 Å². The fraction of sp³-hybridized carbons (Fsp3) is 0.0526. The number of benzene rings is 3. The largest absolute Gasteiger partial charge is 0.318 e. The van der Waals surface area contributed by atoms with Crippen LogP contribution < -0.4 is 10.6 Å². The van der Waals surface area contributed by atoms with E-state index < -0.39 is 11.8 Å². The summed E-state index contributed by atoms with van der Waals surface area (Å²) < 4.78 is 0. The van der Waals surface area contributed by atoms with Crippen LogP contribution in [0.3, 0.4) is 0 Å². The molecule has 0 atom stereocenters. The molecule has 4 heteroatoms. The molecule has 0 unspecified atom stereocenters. The van der Waals surface area contributed by atoms with Gasteiger partial charge in [0.05, 0.1) is 0 Å². The molecule has 23 heavy (non-hydrogen) atoms. The van der Waals surface area contributed by atoms with Gasteiger partial charge in [0.2, 0.25) is 0 Å². The molecule has 0 heterocycles. The summed E-state index contributed by atoms with van der Waals surface area (Å²) >= 11 is 0. The second-order valence-electron chi connectivity index (χ2n) is 5.29. The molecule has 0 bridgehead atoms. The molecule has 2 amide bonds. The van der Waals surface area contributed by atoms with E-state index in [-0.39, 0.29) is 0 Å². The number of carbonyl (C=O) groups is 2. The Morgan fingerprint density at radius 2 is 1.39 bits per heavy atom. The lowest BCUT2D eigenvalue weighted by Gasteiger charge is -2.09. The summed E-state index contributed by atoms with van der Waals surface area (Å²) in [6.45, 7) is 1.87. The Labute approximate surface area is 134 Å². The molecule has 3 aromatic rings. The van der Waals surface area contributed by atoms with Gasteiger partial charge in [0.25, 0.3) is 0 Å². The predicted octanol–water partition coefficient (Wildman–Crippen LogP) is 3.73. The van der Waals surface area contributed by atoms with Crippen LogP contribution in [0, 0.1) is 6.92 Å². The van der Waals surface area contributed by atoms with E-state index in [9.17, 15) is 9.59 Å². The second-order valence-corrected chi connectivity index (χ2v) is 5.29. The number of fused-ring (bicyclic) bond motifs is 1. The van der Waals surface area contributed by atoms with Crippen LogP contribution in [0.15, 0.2) is 66.7 Å². The number of amides is 2. The third kappa shape index (κ3) is 3.37. The molecule has 0 fully saturated rings. The van der Waals surface area contributed by atoms with Gasteiger partial charge in [0.15, 0.2) is 0 Å². The van der Waals surface area contributed by atoms with E-state index >= 15 is 0 Å². The first-order valence-corrected chi connectivity index (χ1v) is 7.30. The SMILES string of the molecule is Cc1ccccc1NC(=O)C(=O)Nc1ccc2ccccc2c1. The summed E-state index contributed by atoms with van der Waals surface area (Å²) in [5.74, 6) is -1.38. The molecule has 3 rings (SSSR count). The van der Waals surface area contributed by atoms with Crippen LogP contribution in [0.2, 0.25) is 0 Å². The van der Waals surface area contributed by atoms with E-state index in [1.807, 2.05) is 61.5 Å². The van der Waals surface area contributed by atoms with E-state index in [0.717, 1.165) is 16.3 Å². The Morgan fingerprint density at radius 1 is 0.739 bits per heavy atom. The second kappa shape index (κ2) is 6.32. The van der Waals surface area contributed by atoms with Gasteiger partial charge in [-0.1, -0.05) is 48.5 Å². The highest BCUT2D eigenvalue weighted by molar-refractivity contribution is 6.43. The van der Waals surface area contributed by atoms with E-state index in [1.165, 1.54) is 0 Å². The Bertz CT molecular complexity index is 887. The normalized spacial score (nSPS) is 10.3. The maximum atomic E-state index is 12.0. The van der Waals surface area contributed by atoms with Gasteiger partial charge in [-0.15, -0.1) is 0 Å². The fourth-order valence-corrected chi connectivity index (χ4v) is 2.35. The number of aryl methyl sites for hydroxylation is 1. The highest BCUT2D eigenvalue weighted by Crippen LogP contribution is 2.19. The summed E-state index contributed by atoms with van der Waals surface area (Å²) in [4.78, 5) is 24.1. The van der Waals surface area contributed by atoms with Crippen molar-refractivity contribution in [3.05, 3.63) is 72.3 Å². The minimum Gasteiger partial charge on any atom is -0.318 e. The number of hydrogen-bond donors (Lipinski definition) is 2. The summed E-state index contributed by atoms with van der Waals surface area (Å²) in [7, 11) is 0. The van der Waals surface area contributed by atoms with Crippen LogP contribution >= 0.6 is 0 Å². The average molecular weight is 304 g/mol. The molecule has 3 aromatic carbocycles. The zero-order chi connectivity index (χ0) is 16.2. The highest BCUT2D eigenvalue weighted by Gasteiger charge is 2.14. The van der Waals surface area contributed by atoms with Gasteiger partial charge in [-0.25, -0.2) is 0 Å². The van der Waals surface area contributed by atoms with Crippen molar-refractivity contribution in [2.45, 2.75) is 6.92 Å². The topological polar surface area (TPSA) is 58.2 Å². The summed E-state index contributed by atoms with van der Waals surface area (Å²) in [6.07, 6.45) is 0. The maximum absolute atomic E-state index is 12.0. The van der Waals surface area contributed by atoms with Gasteiger partial charge >= 0.3 is 11.8 Å². The zero-order valence-electron chi connectivity index (χ0n) is 12.7. The monoisotopic (exact) mass is 304 g/mol. The van der Waals surface area contributed by atoms with E-state index in [2.05, 4.69) is 10.6 Å². The zero-order valence-corrected chi connectivity index (χ0v) is 12.7. The Hall–Kier alpha value is -3.14. The molecule has 0 saturated carbocycles. The Morgan fingerprint density at radius 3 is 2.17 bits per heavy atom. The van der Waals surface area contributed by atoms with Gasteiger partial charge < -0.3 is 10.6 Å². The van der Waals surface area contributed by atoms with Crippen molar-refractivity contribution in [2.24, 2.45) is 0 Å². The number of nitrogens with one attached hydrogen (secondary N) is 2. The predicted molar refractivity (Wildman–Crippen MR) is 92.4 cm³/mol. The number of anilines is 2. The molecule has 2 N–H and O–H groups in total. The molecular formula is C19H16N2O2. The van der Waals surface area contributed by atoms with Gasteiger partial charge in [-0.05, 0) is 41.5 Å². The fourth-order valence-electron chi connectivity index (χ4n) is 2.35. The molecule has 0 spiro atoms. The molecule has 0 aromatic heterocycles. The minimum absolute atomic E-state index is 0.591. The van der Waals surface area contributed by atoms with Crippen molar-refractivity contribution in [1.29, 1.82) is 0 Å². The summed E-state index contributed by atoms with van der Waals surface area (Å²) in [6, 6.07) is 20.7. The lowest BCUT2D eigenvalue weighted by Crippen LogP contribution is -2.29. The van der Waals surface area contributed by atoms with Crippen molar-refractivity contribution in [3.8, 4) is 0 Å². The van der Waals surface area contributed by atoms with E-state index in [0.29, 0.717) is 11.4 Å². The lowest BCUT2D eigenvalue weighted by molar-refractivity contribution is -0.133. The highest BCUT2D eigenvalue weighted by atomic mass is 16.2. The molecule has 0 radical (unpaired) electrons. The Balaban J connectivity index is 1.72. The van der Waals surface area contributed by atoms with Gasteiger partial charge in [0, 0.05) is 11.4 Å². The van der Waals surface area contributed by atoms with Crippen molar-refractivity contribution in [2.75, 3.05) is 10.6 Å². The van der Waals surface area contributed by atoms with Gasteiger partial charge in [0.1, 0.15) is 0 Å². The van der Waals surface area contributed by atoms with Crippen LogP contribution in [0.5, 0.6) is 0 Å². The smallest absolute Gasteiger partial charge is 0.314 e. The first kappa shape index (κ1) is 14.8. The summed E-state index contributed by atoms with van der Waals surface area (Å²) in [5.41, 5.74) is 2.12. The molecule has 0 aliphatic rings. The van der Waals surface area contributed by atoms with Crippen LogP contribution in [0.1, 0.15) is 5.56 Å². The Kier molecular flexibility index (Phi) is 4.06. The average Bonchev–Trinajstić information content (AvgIpc) is 2.56. The first-order valence-electron chi connectivity index (χ1n) is 7.30. The van der Waals surface area contributed by atoms with Crippen molar-refractivity contribution < 1.29 is 9.59 Å². The number of hydrogen-bond acceptors (Lipinski definition) is 2. The molecule has 114 valence electrons. The van der Waals surface area contributed by atoms with Crippen molar-refractivity contribution in [3.63, 3.8) is 0 Å². The van der Waals surface area contributed by atoms with Gasteiger partial charge in [-0.3, -0.25) is 9.59 Å². The summed E-state index contributed by atoms with van der Waals surface area (Å²) in [5, 5.41) is 7.32. The van der Waals surface area contributed by atoms with Crippen LogP contribution in [-0.4, -0.2) is 11.8 Å². The van der Waals surface area contributed by atoms with E-state index in [1.54, 1.807) is 12.1 Å².